The van der Waals surface area contributed by atoms with Gasteiger partial charge in [0.05, 0.1) is 17.4 Å². The number of halogens is 2. The topological polar surface area (TPSA) is 71.1 Å². The zero-order valence-corrected chi connectivity index (χ0v) is 20.0. The number of fused-ring (bicyclic) bond motifs is 3. The summed E-state index contributed by atoms with van der Waals surface area (Å²) in [5, 5.41) is 0.465. The van der Waals surface area contributed by atoms with Gasteiger partial charge in [0.25, 0.3) is 0 Å². The van der Waals surface area contributed by atoms with Crippen LogP contribution in [0.5, 0.6) is 0 Å². The Morgan fingerprint density at radius 3 is 2.79 bits per heavy atom. The van der Waals surface area contributed by atoms with Crippen molar-refractivity contribution < 1.29 is 17.8 Å². The molecule has 2 aliphatic carbocycles. The van der Waals surface area contributed by atoms with Crippen LogP contribution in [0.4, 0.5) is 8.78 Å². The number of rotatable bonds is 4. The zero-order chi connectivity index (χ0) is 24.0. The maximum Gasteiger partial charge on any atom is 0.356 e. The molecule has 0 aromatic carbocycles. The first-order chi connectivity index (χ1) is 16.1. The second-order valence-corrected chi connectivity index (χ2v) is 11.2. The highest BCUT2D eigenvalue weighted by atomic mass is 32.2. The van der Waals surface area contributed by atoms with Crippen molar-refractivity contribution in [3.63, 3.8) is 0 Å². The van der Waals surface area contributed by atoms with E-state index in [9.17, 15) is 9.00 Å². The van der Waals surface area contributed by atoms with E-state index in [2.05, 4.69) is 9.97 Å². The van der Waals surface area contributed by atoms with Crippen LogP contribution in [0.25, 0.3) is 0 Å². The molecule has 0 radical (unpaired) electrons. The number of hydrogen-bond donors (Lipinski definition) is 0. The van der Waals surface area contributed by atoms with E-state index in [0.717, 1.165) is 10.5 Å². The molecule has 1 spiro atoms. The van der Waals surface area contributed by atoms with Crippen molar-refractivity contribution in [3.8, 4) is 0 Å². The van der Waals surface area contributed by atoms with Gasteiger partial charge in [-0.05, 0) is 51.3 Å². The first-order valence-electron chi connectivity index (χ1n) is 11.5. The Labute approximate surface area is 198 Å². The summed E-state index contributed by atoms with van der Waals surface area (Å²) in [6.07, 6.45) is 8.32. The van der Waals surface area contributed by atoms with E-state index >= 15 is 8.78 Å². The number of pyridine rings is 1. The Bertz CT molecular complexity index is 1320. The second kappa shape index (κ2) is 7.14. The highest BCUT2D eigenvalue weighted by Crippen LogP contribution is 2.61. The zero-order valence-electron chi connectivity index (χ0n) is 19.2. The lowest BCUT2D eigenvalue weighted by Crippen LogP contribution is -2.50. The Morgan fingerprint density at radius 2 is 2.09 bits per heavy atom. The van der Waals surface area contributed by atoms with E-state index < -0.39 is 22.4 Å². The quantitative estimate of drug-likeness (QED) is 0.615. The summed E-state index contributed by atoms with van der Waals surface area (Å²) < 4.78 is 47.8. The Morgan fingerprint density at radius 1 is 1.29 bits per heavy atom. The lowest BCUT2D eigenvalue weighted by Gasteiger charge is -2.45. The standard InChI is InChI=1S/C24H25F2N5O2S/c1-14(2)31(34(33)21-12-29(3)13-28-21)17-5-4-15-9-19-20-11-23(15,10-17)22(32)18-8-16(6-7-27-18)24(25,26)30(19)20/h6-9,12-14,17H,4-5,10-11H2,1-3H3. The molecule has 4 bridgehead atoms. The van der Waals surface area contributed by atoms with E-state index in [0.29, 0.717) is 35.7 Å². The van der Waals surface area contributed by atoms with Gasteiger partial charge in [-0.2, -0.15) is 8.78 Å². The monoisotopic (exact) mass is 485 g/mol. The number of Topliss-reactive ketones (excluding diaryl/α,β-unsaturated/α-hetero) is 1. The summed E-state index contributed by atoms with van der Waals surface area (Å²) in [4.78, 5) is 23.5. The first kappa shape index (κ1) is 21.8. The number of hydrogen-bond acceptors (Lipinski definition) is 5. The number of aryl methyl sites for hydroxylation is 1. The number of nitrogens with zero attached hydrogens (tertiary/aromatic N) is 5. The molecule has 0 N–H and O–H groups in total. The number of ketones is 1. The fourth-order valence-corrected chi connectivity index (χ4v) is 7.33. The number of aromatic nitrogens is 3. The molecule has 1 fully saturated rings. The highest BCUT2D eigenvalue weighted by molar-refractivity contribution is 7.82. The normalized spacial score (nSPS) is 27.7. The summed E-state index contributed by atoms with van der Waals surface area (Å²) in [6.45, 7) is 3.95. The number of imidazole rings is 1. The van der Waals surface area contributed by atoms with Crippen LogP contribution in [0, 0.1) is 5.41 Å². The van der Waals surface area contributed by atoms with Crippen molar-refractivity contribution in [2.45, 2.75) is 62.7 Å². The van der Waals surface area contributed by atoms with Gasteiger partial charge >= 0.3 is 6.05 Å². The van der Waals surface area contributed by atoms with Crippen molar-refractivity contribution >= 4 is 16.8 Å². The first-order valence-corrected chi connectivity index (χ1v) is 12.6. The number of carbonyl (C=O) groups is 1. The summed E-state index contributed by atoms with van der Waals surface area (Å²) in [7, 11) is 0.314. The Balaban J connectivity index is 1.42. The molecule has 34 heavy (non-hydrogen) atoms. The van der Waals surface area contributed by atoms with Crippen molar-refractivity contribution in [2.75, 3.05) is 0 Å². The van der Waals surface area contributed by atoms with Crippen molar-refractivity contribution in [1.29, 1.82) is 0 Å². The molecule has 0 amide bonds. The van der Waals surface area contributed by atoms with Crippen LogP contribution >= 0.6 is 0 Å². The maximum atomic E-state index is 15.3. The largest absolute Gasteiger partial charge is 0.356 e. The molecule has 3 unspecified atom stereocenters. The Hall–Kier alpha value is -2.72. The molecular weight excluding hydrogens is 460 g/mol. The van der Waals surface area contributed by atoms with Crippen LogP contribution in [0.3, 0.4) is 0 Å². The molecule has 0 saturated heterocycles. The smallest absolute Gasteiger partial charge is 0.339 e. The second-order valence-electron chi connectivity index (χ2n) is 9.87. The predicted octanol–water partition coefficient (Wildman–Crippen LogP) is 3.89. The van der Waals surface area contributed by atoms with Crippen LogP contribution < -0.4 is 0 Å². The van der Waals surface area contributed by atoms with Gasteiger partial charge in [0, 0.05) is 49.2 Å². The van der Waals surface area contributed by atoms with Crippen molar-refractivity contribution in [2.24, 2.45) is 12.5 Å². The van der Waals surface area contributed by atoms with E-state index in [1.54, 1.807) is 23.2 Å². The lowest BCUT2D eigenvalue weighted by atomic mass is 9.62. The predicted molar refractivity (Wildman–Crippen MR) is 121 cm³/mol. The van der Waals surface area contributed by atoms with Gasteiger partial charge in [-0.15, -0.1) is 0 Å². The SMILES string of the molecule is CC(C)N(C1CCC2=CC3=C4CC2(C1)C(=O)c1cc(ccn1)C(F)(F)N34)S(=O)c1cn(C)cn1. The fraction of sp³-hybridized carbons (Fsp3) is 0.458. The molecule has 6 rings (SSSR count). The minimum atomic E-state index is -3.22. The summed E-state index contributed by atoms with van der Waals surface area (Å²) in [6, 6.07) is -0.954. The lowest BCUT2D eigenvalue weighted by molar-refractivity contribution is -0.0957. The van der Waals surface area contributed by atoms with Crippen LogP contribution in [-0.4, -0.2) is 45.8 Å². The maximum absolute atomic E-state index is 15.3. The highest BCUT2D eigenvalue weighted by Gasteiger charge is 2.61. The molecule has 1 saturated carbocycles. The third-order valence-corrected chi connectivity index (χ3v) is 9.13. The molecule has 2 aliphatic heterocycles. The Kier molecular flexibility index (Phi) is 4.58. The molecule has 2 aromatic heterocycles. The molecular formula is C24H25F2N5O2S. The summed E-state index contributed by atoms with van der Waals surface area (Å²) in [5.74, 6) is -0.228. The fourth-order valence-electron chi connectivity index (χ4n) is 5.88. The van der Waals surface area contributed by atoms with Crippen molar-refractivity contribution in [1.82, 2.24) is 23.7 Å². The van der Waals surface area contributed by atoms with Gasteiger partial charge in [0.15, 0.2) is 10.8 Å². The number of allylic oxidation sites excluding steroid dienone is 3. The van der Waals surface area contributed by atoms with Crippen LogP contribution in [-0.2, 0) is 24.1 Å². The summed E-state index contributed by atoms with van der Waals surface area (Å²) >= 11 is 0. The van der Waals surface area contributed by atoms with E-state index in [1.165, 1.54) is 18.3 Å². The molecule has 2 aromatic rings. The molecule has 7 nitrogen and oxygen atoms in total. The molecule has 178 valence electrons. The molecule has 4 aliphatic rings. The molecule has 10 heteroatoms. The van der Waals surface area contributed by atoms with Crippen molar-refractivity contribution in [3.05, 3.63) is 65.2 Å². The van der Waals surface area contributed by atoms with Gasteiger partial charge < -0.3 is 4.57 Å². The van der Waals surface area contributed by atoms with E-state index in [1.807, 2.05) is 25.2 Å². The van der Waals surface area contributed by atoms with E-state index in [4.69, 9.17) is 0 Å². The molecule has 4 heterocycles. The molecule has 3 atom stereocenters. The average molecular weight is 486 g/mol. The average Bonchev–Trinajstić information content (AvgIpc) is 3.34. The minimum absolute atomic E-state index is 0.0669. The van der Waals surface area contributed by atoms with Gasteiger partial charge in [0.1, 0.15) is 16.7 Å². The number of carbonyl (C=O) groups excluding carboxylic acids is 1. The van der Waals surface area contributed by atoms with Gasteiger partial charge in [-0.25, -0.2) is 13.5 Å². The third kappa shape index (κ3) is 2.94. The van der Waals surface area contributed by atoms with Gasteiger partial charge in [0.2, 0.25) is 0 Å². The van der Waals surface area contributed by atoms with Crippen LogP contribution in [0.2, 0.25) is 0 Å². The number of alkyl halides is 2. The van der Waals surface area contributed by atoms with E-state index in [-0.39, 0.29) is 35.5 Å². The van der Waals surface area contributed by atoms with Gasteiger partial charge in [-0.1, -0.05) is 5.57 Å². The van der Waals surface area contributed by atoms with Gasteiger partial charge in [-0.3, -0.25) is 14.7 Å². The summed E-state index contributed by atoms with van der Waals surface area (Å²) in [5.41, 5.74) is 0.806. The minimum Gasteiger partial charge on any atom is -0.339 e. The third-order valence-electron chi connectivity index (χ3n) is 7.46. The van der Waals surface area contributed by atoms with Crippen LogP contribution in [0.1, 0.15) is 55.6 Å². The van der Waals surface area contributed by atoms with Crippen LogP contribution in [0.15, 0.2) is 58.9 Å².